The molecule has 0 radical (unpaired) electrons. The Kier molecular flexibility index (Phi) is 4.44. The molecule has 2 aromatic rings. The number of hydrogen-bond donors (Lipinski definition) is 1. The predicted molar refractivity (Wildman–Crippen MR) is 73.4 cm³/mol. The fraction of sp³-hybridized carbons (Fsp3) is 0.357. The van der Waals surface area contributed by atoms with Crippen molar-refractivity contribution in [1.29, 1.82) is 0 Å². The fourth-order valence-electron chi connectivity index (χ4n) is 1.84. The molecule has 1 N–H and O–H groups in total. The number of aryl methyl sites for hydroxylation is 2. The van der Waals surface area contributed by atoms with Gasteiger partial charge in [0.15, 0.2) is 0 Å². The Hall–Kier alpha value is -1.26. The number of nitrogens with one attached hydrogen (secondary N) is 1. The Morgan fingerprint density at radius 3 is 2.83 bits per heavy atom. The summed E-state index contributed by atoms with van der Waals surface area (Å²) in [5.41, 5.74) is 3.28. The second-order valence-electron chi connectivity index (χ2n) is 4.38. The number of benzene rings is 1. The average molecular weight is 264 g/mol. The molecule has 1 aromatic heterocycles. The highest BCUT2D eigenvalue weighted by Gasteiger charge is 2.01. The van der Waals surface area contributed by atoms with Gasteiger partial charge in [-0.3, -0.25) is 0 Å². The molecule has 0 spiro atoms. The van der Waals surface area contributed by atoms with Crippen molar-refractivity contribution in [3.63, 3.8) is 0 Å². The van der Waals surface area contributed by atoms with E-state index in [4.69, 9.17) is 0 Å². The van der Waals surface area contributed by atoms with E-state index in [1.807, 2.05) is 19.9 Å². The van der Waals surface area contributed by atoms with Crippen LogP contribution in [0, 0.1) is 19.7 Å². The van der Waals surface area contributed by atoms with Crippen LogP contribution in [0.5, 0.6) is 0 Å². The van der Waals surface area contributed by atoms with Crippen molar-refractivity contribution in [1.82, 2.24) is 10.3 Å². The Bertz CT molecular complexity index is 522. The van der Waals surface area contributed by atoms with E-state index in [1.165, 1.54) is 11.6 Å². The number of aromatic nitrogens is 1. The highest BCUT2D eigenvalue weighted by Crippen LogP contribution is 2.11. The van der Waals surface area contributed by atoms with Crippen LogP contribution in [0.1, 0.15) is 21.8 Å². The van der Waals surface area contributed by atoms with Crippen LogP contribution in [0.2, 0.25) is 0 Å². The van der Waals surface area contributed by atoms with Gasteiger partial charge in [-0.1, -0.05) is 6.07 Å². The first-order chi connectivity index (χ1) is 8.65. The first kappa shape index (κ1) is 13.2. The van der Waals surface area contributed by atoms with Crippen molar-refractivity contribution in [2.75, 3.05) is 6.54 Å². The first-order valence-corrected chi connectivity index (χ1v) is 6.90. The van der Waals surface area contributed by atoms with Crippen molar-refractivity contribution >= 4 is 11.3 Å². The van der Waals surface area contributed by atoms with Crippen molar-refractivity contribution in [2.24, 2.45) is 0 Å². The van der Waals surface area contributed by atoms with Crippen LogP contribution < -0.4 is 5.32 Å². The molecule has 1 heterocycles. The molecule has 2 rings (SSSR count). The molecule has 0 aliphatic rings. The summed E-state index contributed by atoms with van der Waals surface area (Å²) in [6.07, 6.45) is 0.913. The van der Waals surface area contributed by atoms with Gasteiger partial charge >= 0.3 is 0 Å². The second-order valence-corrected chi connectivity index (χ2v) is 5.32. The van der Waals surface area contributed by atoms with Gasteiger partial charge in [0.2, 0.25) is 0 Å². The highest BCUT2D eigenvalue weighted by atomic mass is 32.1. The lowest BCUT2D eigenvalue weighted by Crippen LogP contribution is -2.17. The molecule has 0 atom stereocenters. The van der Waals surface area contributed by atoms with Gasteiger partial charge in [-0.25, -0.2) is 9.37 Å². The Morgan fingerprint density at radius 1 is 1.33 bits per heavy atom. The lowest BCUT2D eigenvalue weighted by atomic mass is 10.1. The van der Waals surface area contributed by atoms with E-state index in [0.29, 0.717) is 0 Å². The van der Waals surface area contributed by atoms with Gasteiger partial charge in [-0.15, -0.1) is 11.3 Å². The van der Waals surface area contributed by atoms with Crippen LogP contribution in [0.3, 0.4) is 0 Å². The minimum atomic E-state index is -0.164. The van der Waals surface area contributed by atoms with Gasteiger partial charge in [0.25, 0.3) is 0 Å². The zero-order valence-corrected chi connectivity index (χ0v) is 11.5. The lowest BCUT2D eigenvalue weighted by molar-refractivity contribution is 0.624. The third-order valence-corrected chi connectivity index (χ3v) is 3.79. The fourth-order valence-corrected chi connectivity index (χ4v) is 2.58. The van der Waals surface area contributed by atoms with Gasteiger partial charge in [-0.2, -0.15) is 0 Å². The molecule has 0 fully saturated rings. The minimum absolute atomic E-state index is 0.164. The number of halogens is 1. The molecular formula is C14H17FN2S. The van der Waals surface area contributed by atoms with E-state index in [1.54, 1.807) is 17.4 Å². The highest BCUT2D eigenvalue weighted by molar-refractivity contribution is 7.09. The van der Waals surface area contributed by atoms with Gasteiger partial charge in [0, 0.05) is 17.6 Å². The zero-order chi connectivity index (χ0) is 13.0. The number of thiazole rings is 1. The Morgan fingerprint density at radius 2 is 2.17 bits per heavy atom. The normalized spacial score (nSPS) is 10.8. The molecule has 1 aromatic carbocycles. The van der Waals surface area contributed by atoms with E-state index in [0.717, 1.165) is 35.8 Å². The van der Waals surface area contributed by atoms with Crippen LogP contribution in [-0.2, 0) is 13.0 Å². The van der Waals surface area contributed by atoms with E-state index < -0.39 is 0 Å². The molecule has 0 bridgehead atoms. The largest absolute Gasteiger partial charge is 0.310 e. The molecule has 0 saturated heterocycles. The summed E-state index contributed by atoms with van der Waals surface area (Å²) in [5, 5.41) is 6.53. The van der Waals surface area contributed by atoms with Crippen molar-refractivity contribution < 1.29 is 4.39 Å². The lowest BCUT2D eigenvalue weighted by Gasteiger charge is -2.06. The van der Waals surface area contributed by atoms with Crippen molar-refractivity contribution in [3.8, 4) is 0 Å². The van der Waals surface area contributed by atoms with Crippen LogP contribution in [0.15, 0.2) is 23.6 Å². The average Bonchev–Trinajstić information content (AvgIpc) is 2.73. The Balaban J connectivity index is 1.78. The second kappa shape index (κ2) is 6.07. The molecule has 0 amide bonds. The molecule has 0 aliphatic carbocycles. The SMILES string of the molecule is Cc1csc(CNCCc2ccc(F)cc2C)n1. The van der Waals surface area contributed by atoms with E-state index in [9.17, 15) is 4.39 Å². The van der Waals surface area contributed by atoms with E-state index in [2.05, 4.69) is 15.7 Å². The number of nitrogens with zero attached hydrogens (tertiary/aromatic N) is 1. The summed E-state index contributed by atoms with van der Waals surface area (Å²) in [5.74, 6) is -0.164. The predicted octanol–water partition coefficient (Wildman–Crippen LogP) is 3.23. The smallest absolute Gasteiger partial charge is 0.123 e. The molecule has 96 valence electrons. The van der Waals surface area contributed by atoms with Crippen LogP contribution in [0.4, 0.5) is 4.39 Å². The molecule has 0 aliphatic heterocycles. The third kappa shape index (κ3) is 3.62. The van der Waals surface area contributed by atoms with Gasteiger partial charge < -0.3 is 5.32 Å². The molecule has 18 heavy (non-hydrogen) atoms. The quantitative estimate of drug-likeness (QED) is 0.839. The van der Waals surface area contributed by atoms with E-state index in [-0.39, 0.29) is 5.82 Å². The molecule has 0 saturated carbocycles. The summed E-state index contributed by atoms with van der Waals surface area (Å²) in [7, 11) is 0. The van der Waals surface area contributed by atoms with Crippen LogP contribution >= 0.6 is 11.3 Å². The Labute approximate surface area is 111 Å². The van der Waals surface area contributed by atoms with Gasteiger partial charge in [0.1, 0.15) is 10.8 Å². The maximum Gasteiger partial charge on any atom is 0.123 e. The zero-order valence-electron chi connectivity index (χ0n) is 10.7. The van der Waals surface area contributed by atoms with Gasteiger partial charge in [0.05, 0.1) is 0 Å². The molecule has 0 unspecified atom stereocenters. The molecular weight excluding hydrogens is 247 g/mol. The summed E-state index contributed by atoms with van der Waals surface area (Å²) in [6, 6.07) is 4.96. The van der Waals surface area contributed by atoms with Gasteiger partial charge in [-0.05, 0) is 50.1 Å². The summed E-state index contributed by atoms with van der Waals surface area (Å²) in [6.45, 7) is 5.63. The van der Waals surface area contributed by atoms with Crippen molar-refractivity contribution in [3.05, 3.63) is 51.2 Å². The monoisotopic (exact) mass is 264 g/mol. The standard InChI is InChI=1S/C14H17FN2S/c1-10-7-13(15)4-3-12(10)5-6-16-8-14-17-11(2)9-18-14/h3-4,7,9,16H,5-6,8H2,1-2H3. The van der Waals surface area contributed by atoms with Crippen molar-refractivity contribution in [2.45, 2.75) is 26.8 Å². The maximum atomic E-state index is 12.9. The molecule has 4 heteroatoms. The summed E-state index contributed by atoms with van der Waals surface area (Å²) < 4.78 is 12.9. The van der Waals surface area contributed by atoms with Crippen LogP contribution in [-0.4, -0.2) is 11.5 Å². The maximum absolute atomic E-state index is 12.9. The minimum Gasteiger partial charge on any atom is -0.310 e. The van der Waals surface area contributed by atoms with Crippen LogP contribution in [0.25, 0.3) is 0 Å². The number of rotatable bonds is 5. The molecule has 2 nitrogen and oxygen atoms in total. The summed E-state index contributed by atoms with van der Waals surface area (Å²) >= 11 is 1.68. The topological polar surface area (TPSA) is 24.9 Å². The summed E-state index contributed by atoms with van der Waals surface area (Å²) in [4.78, 5) is 4.39. The first-order valence-electron chi connectivity index (χ1n) is 6.02. The van der Waals surface area contributed by atoms with E-state index >= 15 is 0 Å². The third-order valence-electron chi connectivity index (χ3n) is 2.82. The number of hydrogen-bond acceptors (Lipinski definition) is 3.